The summed E-state index contributed by atoms with van der Waals surface area (Å²) in [6.45, 7) is 9.70. The molecule has 3 heteroatoms. The van der Waals surface area contributed by atoms with Crippen molar-refractivity contribution in [3.8, 4) is 5.69 Å². The fraction of sp³-hybridized carbons (Fsp3) is 0.346. The number of nitrogens with one attached hydrogen (secondary N) is 1. The molecule has 150 valence electrons. The molecule has 2 aromatic carbocycles. The van der Waals surface area contributed by atoms with Crippen molar-refractivity contribution in [2.45, 2.75) is 58.5 Å². The van der Waals surface area contributed by atoms with Crippen LogP contribution in [0.3, 0.4) is 0 Å². The molecule has 0 aliphatic heterocycles. The molecule has 1 N–H and O–H groups in total. The quantitative estimate of drug-likeness (QED) is 0.542. The maximum atomic E-state index is 4.83. The smallest absolute Gasteiger partial charge is 0.0648 e. The van der Waals surface area contributed by atoms with Gasteiger partial charge >= 0.3 is 0 Å². The highest BCUT2D eigenvalue weighted by atomic mass is 15.3. The molecule has 0 amide bonds. The Morgan fingerprint density at radius 3 is 2.41 bits per heavy atom. The second-order valence-corrected chi connectivity index (χ2v) is 8.44. The van der Waals surface area contributed by atoms with Gasteiger partial charge in [0, 0.05) is 29.8 Å². The third-order valence-electron chi connectivity index (χ3n) is 6.02. The van der Waals surface area contributed by atoms with Crippen molar-refractivity contribution in [1.82, 2.24) is 15.1 Å². The van der Waals surface area contributed by atoms with Crippen molar-refractivity contribution in [3.63, 3.8) is 0 Å². The highest BCUT2D eigenvalue weighted by molar-refractivity contribution is 5.41. The minimum absolute atomic E-state index is 0.406. The molecule has 1 aromatic heterocycles. The third kappa shape index (κ3) is 4.20. The molecule has 3 aromatic rings. The Morgan fingerprint density at radius 1 is 1.00 bits per heavy atom. The summed E-state index contributed by atoms with van der Waals surface area (Å²) < 4.78 is 2.08. The number of benzene rings is 2. The Kier molecular flexibility index (Phi) is 5.68. The van der Waals surface area contributed by atoms with Crippen LogP contribution in [0.2, 0.25) is 0 Å². The van der Waals surface area contributed by atoms with E-state index in [0.717, 1.165) is 24.3 Å². The topological polar surface area (TPSA) is 29.9 Å². The van der Waals surface area contributed by atoms with Crippen LogP contribution in [0.25, 0.3) is 5.69 Å². The molecule has 0 saturated heterocycles. The average molecular weight is 386 g/mol. The summed E-state index contributed by atoms with van der Waals surface area (Å²) in [5, 5.41) is 8.54. The van der Waals surface area contributed by atoms with E-state index in [1.54, 1.807) is 0 Å². The van der Waals surface area contributed by atoms with Crippen molar-refractivity contribution in [3.05, 3.63) is 94.8 Å². The van der Waals surface area contributed by atoms with Crippen LogP contribution in [0.4, 0.5) is 0 Å². The van der Waals surface area contributed by atoms with E-state index >= 15 is 0 Å². The Balaban J connectivity index is 1.41. The number of para-hydroxylation sites is 1. The van der Waals surface area contributed by atoms with Gasteiger partial charge in [-0.05, 0) is 49.4 Å². The van der Waals surface area contributed by atoms with Crippen LogP contribution in [-0.4, -0.2) is 15.8 Å². The van der Waals surface area contributed by atoms with Crippen LogP contribution in [0, 0.1) is 13.8 Å². The van der Waals surface area contributed by atoms with Crippen LogP contribution in [0.5, 0.6) is 0 Å². The first-order valence-electron chi connectivity index (χ1n) is 10.6. The molecule has 0 spiro atoms. The number of allylic oxidation sites excluding steroid dienone is 1. The van der Waals surface area contributed by atoms with Gasteiger partial charge in [0.1, 0.15) is 0 Å². The summed E-state index contributed by atoms with van der Waals surface area (Å²) in [7, 11) is 0. The Hall–Kier alpha value is -2.65. The highest BCUT2D eigenvalue weighted by Crippen LogP contribution is 2.34. The lowest BCUT2D eigenvalue weighted by Gasteiger charge is -2.15. The molecule has 1 aliphatic rings. The van der Waals surface area contributed by atoms with Gasteiger partial charge in [0.2, 0.25) is 0 Å². The summed E-state index contributed by atoms with van der Waals surface area (Å²) >= 11 is 0. The summed E-state index contributed by atoms with van der Waals surface area (Å²) in [5.74, 6) is 1.01. The largest absolute Gasteiger partial charge is 0.306 e. The van der Waals surface area contributed by atoms with Crippen molar-refractivity contribution in [1.29, 1.82) is 0 Å². The van der Waals surface area contributed by atoms with Gasteiger partial charge < -0.3 is 5.32 Å². The van der Waals surface area contributed by atoms with Crippen molar-refractivity contribution < 1.29 is 0 Å². The second kappa shape index (κ2) is 8.38. The van der Waals surface area contributed by atoms with Gasteiger partial charge in [-0.2, -0.15) is 5.10 Å². The van der Waals surface area contributed by atoms with Crippen LogP contribution in [-0.2, 0) is 6.54 Å². The van der Waals surface area contributed by atoms with Crippen LogP contribution in [0.15, 0.2) is 66.7 Å². The van der Waals surface area contributed by atoms with Crippen LogP contribution in [0.1, 0.15) is 60.2 Å². The van der Waals surface area contributed by atoms with Crippen molar-refractivity contribution >= 4 is 0 Å². The Bertz CT molecular complexity index is 981. The van der Waals surface area contributed by atoms with Gasteiger partial charge in [-0.1, -0.05) is 68.5 Å². The molecule has 0 bridgehead atoms. The van der Waals surface area contributed by atoms with Crippen molar-refractivity contribution in [2.75, 3.05) is 0 Å². The van der Waals surface area contributed by atoms with Crippen LogP contribution >= 0.6 is 0 Å². The standard InChI is InChI=1S/C26H31N3/c1-18(2)22-12-10-21(11-13-22)17-27-24-15-14-23(16-24)26-19(3)28-29(20(26)4)25-8-6-5-7-9-25/h5-15,18,23-24,27H,16-17H2,1-4H3/t23-,24+/m0/s1. The lowest BCUT2D eigenvalue weighted by Crippen LogP contribution is -2.25. The zero-order valence-corrected chi connectivity index (χ0v) is 17.9. The molecule has 1 aliphatic carbocycles. The number of hydrogen-bond acceptors (Lipinski definition) is 2. The normalized spacial score (nSPS) is 18.7. The van der Waals surface area contributed by atoms with E-state index in [1.807, 2.05) is 6.07 Å². The third-order valence-corrected chi connectivity index (χ3v) is 6.02. The first-order valence-corrected chi connectivity index (χ1v) is 10.6. The molecule has 0 saturated carbocycles. The van der Waals surface area contributed by atoms with Gasteiger partial charge in [0.05, 0.1) is 11.4 Å². The summed E-state index contributed by atoms with van der Waals surface area (Å²) in [5.41, 5.74) is 7.61. The Labute approximate surface area is 174 Å². The second-order valence-electron chi connectivity index (χ2n) is 8.44. The molecule has 3 nitrogen and oxygen atoms in total. The van der Waals surface area contributed by atoms with E-state index in [2.05, 4.69) is 98.4 Å². The van der Waals surface area contributed by atoms with Crippen molar-refractivity contribution in [2.24, 2.45) is 0 Å². The van der Waals surface area contributed by atoms with E-state index in [9.17, 15) is 0 Å². The number of aromatic nitrogens is 2. The fourth-order valence-corrected chi connectivity index (χ4v) is 4.35. The summed E-state index contributed by atoms with van der Waals surface area (Å²) in [6.07, 6.45) is 5.77. The molecule has 0 radical (unpaired) electrons. The lowest BCUT2D eigenvalue weighted by molar-refractivity contribution is 0.559. The molecule has 4 rings (SSSR count). The van der Waals surface area contributed by atoms with Gasteiger partial charge in [0.25, 0.3) is 0 Å². The van der Waals surface area contributed by atoms with E-state index in [-0.39, 0.29) is 0 Å². The van der Waals surface area contributed by atoms with E-state index in [1.165, 1.54) is 22.4 Å². The molecule has 29 heavy (non-hydrogen) atoms. The van der Waals surface area contributed by atoms with Gasteiger partial charge in [0.15, 0.2) is 0 Å². The molecular weight excluding hydrogens is 354 g/mol. The monoisotopic (exact) mass is 385 g/mol. The first-order chi connectivity index (χ1) is 14.0. The number of hydrogen-bond donors (Lipinski definition) is 1. The zero-order valence-electron chi connectivity index (χ0n) is 17.9. The molecule has 0 fully saturated rings. The van der Waals surface area contributed by atoms with Gasteiger partial charge in [-0.3, -0.25) is 0 Å². The number of nitrogens with zero attached hydrogens (tertiary/aromatic N) is 2. The fourth-order valence-electron chi connectivity index (χ4n) is 4.35. The van der Waals surface area contributed by atoms with Gasteiger partial charge in [-0.15, -0.1) is 0 Å². The van der Waals surface area contributed by atoms with Crippen LogP contribution < -0.4 is 5.32 Å². The number of aryl methyl sites for hydroxylation is 1. The molecule has 1 heterocycles. The molecule has 0 unspecified atom stereocenters. The lowest BCUT2D eigenvalue weighted by atomic mass is 9.95. The Morgan fingerprint density at radius 2 is 1.72 bits per heavy atom. The molecular formula is C26H31N3. The minimum atomic E-state index is 0.406. The highest BCUT2D eigenvalue weighted by Gasteiger charge is 2.25. The first kappa shape index (κ1) is 19.7. The summed E-state index contributed by atoms with van der Waals surface area (Å²) in [6, 6.07) is 19.8. The maximum Gasteiger partial charge on any atom is 0.0648 e. The SMILES string of the molecule is Cc1nn(-c2ccccc2)c(C)c1[C@H]1C=C[C@@H](NCc2ccc(C(C)C)cc2)C1. The van der Waals surface area contributed by atoms with E-state index in [0.29, 0.717) is 17.9 Å². The maximum absolute atomic E-state index is 4.83. The zero-order chi connectivity index (χ0) is 20.4. The summed E-state index contributed by atoms with van der Waals surface area (Å²) in [4.78, 5) is 0. The average Bonchev–Trinajstić information content (AvgIpc) is 3.31. The van der Waals surface area contributed by atoms with E-state index < -0.39 is 0 Å². The van der Waals surface area contributed by atoms with Gasteiger partial charge in [-0.25, -0.2) is 4.68 Å². The minimum Gasteiger partial charge on any atom is -0.306 e. The predicted molar refractivity (Wildman–Crippen MR) is 121 cm³/mol. The molecule has 2 atom stereocenters. The predicted octanol–water partition coefficient (Wildman–Crippen LogP) is 5.81. The number of rotatable bonds is 6. The van der Waals surface area contributed by atoms with E-state index in [4.69, 9.17) is 5.10 Å².